The van der Waals surface area contributed by atoms with Crippen LogP contribution in [0, 0.1) is 0 Å². The van der Waals surface area contributed by atoms with E-state index in [-0.39, 0.29) is 0 Å². The molecule has 0 aromatic carbocycles. The van der Waals surface area contributed by atoms with E-state index in [0.717, 1.165) is 4.74 Å². The molecule has 0 aliphatic heterocycles. The molecule has 0 aromatic heterocycles. The van der Waals surface area contributed by atoms with Gasteiger partial charge in [0.25, 0.3) is 0 Å². The first kappa shape index (κ1) is 16.7. The van der Waals surface area contributed by atoms with Gasteiger partial charge in [-0.15, -0.1) is 0 Å². The summed E-state index contributed by atoms with van der Waals surface area (Å²) in [5, 5.41) is 8.55. The Morgan fingerprint density at radius 1 is 1.00 bits per heavy atom. The third kappa shape index (κ3) is 27.0. The number of hydrogen-bond donors (Lipinski definition) is 1. The fraction of sp³-hybridized carbons (Fsp3) is 0.667. The van der Waals surface area contributed by atoms with E-state index in [4.69, 9.17) is 5.21 Å². The molecule has 0 fully saturated rings. The maximum Gasteiger partial charge on any atom is 0.217 e. The Morgan fingerprint density at radius 2 is 1.36 bits per heavy atom. The summed E-state index contributed by atoms with van der Waals surface area (Å²) in [5.41, 5.74) is 0. The minimum absolute atomic E-state index is 1.00. The van der Waals surface area contributed by atoms with Crippen molar-refractivity contribution in [3.8, 4) is 0 Å². The molecule has 0 saturated heterocycles. The van der Waals surface area contributed by atoms with Crippen LogP contribution in [0.25, 0.3) is 0 Å². The molecule has 0 unspecified atom stereocenters. The fourth-order valence-electron chi connectivity index (χ4n) is 0.239. The van der Waals surface area contributed by atoms with Crippen LogP contribution in [0.1, 0.15) is 41.5 Å². The molecule has 11 heavy (non-hydrogen) atoms. The summed E-state index contributed by atoms with van der Waals surface area (Å²) < 4.78 is 1.00. The zero-order valence-corrected chi connectivity index (χ0v) is 8.63. The smallest absolute Gasteiger partial charge is 0.217 e. The van der Waals surface area contributed by atoms with Crippen LogP contribution in [0.15, 0.2) is 12.3 Å². The van der Waals surface area contributed by atoms with Gasteiger partial charge in [0.05, 0.1) is 0 Å². The molecule has 0 bridgehead atoms. The Bertz CT molecular complexity index is 95.7. The third-order valence-electron chi connectivity index (χ3n) is 0.566. The summed E-state index contributed by atoms with van der Waals surface area (Å²) in [6.07, 6.45) is 4.86. The number of allylic oxidation sites excluding steroid dienone is 1. The van der Waals surface area contributed by atoms with Crippen LogP contribution >= 0.6 is 0 Å². The average Bonchev–Trinajstić information content (AvgIpc) is 2.12. The molecule has 0 heterocycles. The van der Waals surface area contributed by atoms with E-state index in [0.29, 0.717) is 0 Å². The van der Waals surface area contributed by atoms with E-state index in [1.165, 1.54) is 0 Å². The van der Waals surface area contributed by atoms with Crippen molar-refractivity contribution in [1.29, 1.82) is 0 Å². The number of hydrogen-bond acceptors (Lipinski definition) is 1. The van der Waals surface area contributed by atoms with Gasteiger partial charge in [0, 0.05) is 6.92 Å². The maximum atomic E-state index is 8.55. The summed E-state index contributed by atoms with van der Waals surface area (Å²) >= 11 is 0. The highest BCUT2D eigenvalue weighted by Gasteiger charge is 1.80. The molecule has 68 valence electrons. The summed E-state index contributed by atoms with van der Waals surface area (Å²) in [7, 11) is 0. The Balaban J connectivity index is -0.000000138. The second-order valence-electron chi connectivity index (χ2n) is 1.12. The lowest BCUT2D eigenvalue weighted by atomic mass is 10.7. The minimum Gasteiger partial charge on any atom is -0.286 e. The van der Waals surface area contributed by atoms with Gasteiger partial charge in [0.15, 0.2) is 6.21 Å². The standard InChI is InChI=1S/C5H10NO.2C2H6/c1-3-5-6(7)4-2;2*1-2/h3-5,7H,1-2H3;2*1-2H3/q+1;;/b5-3-,6-4+;;. The second-order valence-corrected chi connectivity index (χ2v) is 1.12. The van der Waals surface area contributed by atoms with E-state index in [9.17, 15) is 0 Å². The van der Waals surface area contributed by atoms with Crippen LogP contribution in [0.4, 0.5) is 0 Å². The second kappa shape index (κ2) is 22.9. The number of rotatable bonds is 1. The predicted molar refractivity (Wildman–Crippen MR) is 51.3 cm³/mol. The SMILES string of the molecule is C/C=C\[N+](O)=C/C.CC.CC. The summed E-state index contributed by atoms with van der Waals surface area (Å²) in [5.74, 6) is 0. The summed E-state index contributed by atoms with van der Waals surface area (Å²) in [6.45, 7) is 11.6. The lowest BCUT2D eigenvalue weighted by Gasteiger charge is -1.73. The summed E-state index contributed by atoms with van der Waals surface area (Å²) in [4.78, 5) is 0. The molecule has 0 saturated carbocycles. The Kier molecular flexibility index (Phi) is 34.6. The molecule has 0 aliphatic rings. The van der Waals surface area contributed by atoms with Gasteiger partial charge in [-0.05, 0) is 17.7 Å². The van der Waals surface area contributed by atoms with Crippen molar-refractivity contribution in [2.45, 2.75) is 41.5 Å². The van der Waals surface area contributed by atoms with E-state index in [2.05, 4.69) is 0 Å². The number of nitrogens with zero attached hydrogens (tertiary/aromatic N) is 1. The van der Waals surface area contributed by atoms with Crippen molar-refractivity contribution < 1.29 is 9.95 Å². The molecule has 2 nitrogen and oxygen atoms in total. The van der Waals surface area contributed by atoms with Crippen LogP contribution in [-0.4, -0.2) is 16.2 Å². The molecular formula is C9H22NO+. The Morgan fingerprint density at radius 3 is 1.45 bits per heavy atom. The van der Waals surface area contributed by atoms with Crippen molar-refractivity contribution in [1.82, 2.24) is 0 Å². The molecule has 0 aliphatic carbocycles. The predicted octanol–water partition coefficient (Wildman–Crippen LogP) is 3.06. The van der Waals surface area contributed by atoms with Crippen molar-refractivity contribution in [2.75, 3.05) is 0 Å². The van der Waals surface area contributed by atoms with Crippen molar-refractivity contribution >= 4 is 6.21 Å². The molecule has 0 atom stereocenters. The van der Waals surface area contributed by atoms with Crippen LogP contribution in [0.3, 0.4) is 0 Å². The van der Waals surface area contributed by atoms with E-state index in [1.807, 2.05) is 34.6 Å². The molecule has 0 spiro atoms. The van der Waals surface area contributed by atoms with Crippen LogP contribution in [0.2, 0.25) is 0 Å². The van der Waals surface area contributed by atoms with Gasteiger partial charge in [0.1, 0.15) is 0 Å². The van der Waals surface area contributed by atoms with Gasteiger partial charge in [-0.2, -0.15) is 0 Å². The van der Waals surface area contributed by atoms with Crippen molar-refractivity contribution in [2.24, 2.45) is 0 Å². The molecule has 1 N–H and O–H groups in total. The van der Waals surface area contributed by atoms with Gasteiger partial charge in [-0.25, -0.2) is 0 Å². The minimum atomic E-state index is 1.00. The topological polar surface area (TPSA) is 23.2 Å². The monoisotopic (exact) mass is 160 g/mol. The van der Waals surface area contributed by atoms with E-state index >= 15 is 0 Å². The van der Waals surface area contributed by atoms with Gasteiger partial charge < -0.3 is 0 Å². The zero-order valence-electron chi connectivity index (χ0n) is 8.63. The quantitative estimate of drug-likeness (QED) is 0.271. The highest BCUT2D eigenvalue weighted by molar-refractivity contribution is 5.46. The fourth-order valence-corrected chi connectivity index (χ4v) is 0.239. The van der Waals surface area contributed by atoms with E-state index in [1.54, 1.807) is 25.4 Å². The van der Waals surface area contributed by atoms with Gasteiger partial charge in [-0.1, -0.05) is 27.7 Å². The van der Waals surface area contributed by atoms with Crippen LogP contribution < -0.4 is 0 Å². The molecule has 0 radical (unpaired) electrons. The first-order chi connectivity index (χ1) is 5.31. The molecule has 0 rings (SSSR count). The first-order valence-corrected chi connectivity index (χ1v) is 4.20. The summed E-state index contributed by atoms with van der Waals surface area (Å²) in [6, 6.07) is 0. The molecule has 0 amide bonds. The van der Waals surface area contributed by atoms with Gasteiger partial charge in [0.2, 0.25) is 6.20 Å². The maximum absolute atomic E-state index is 8.55. The lowest BCUT2D eigenvalue weighted by molar-refractivity contribution is -0.722. The normalized spacial score (nSPS) is 9.45. The van der Waals surface area contributed by atoms with Crippen LogP contribution in [0.5, 0.6) is 0 Å². The van der Waals surface area contributed by atoms with E-state index < -0.39 is 0 Å². The van der Waals surface area contributed by atoms with Gasteiger partial charge >= 0.3 is 0 Å². The molecule has 0 aromatic rings. The van der Waals surface area contributed by atoms with Crippen molar-refractivity contribution in [3.05, 3.63) is 12.3 Å². The third-order valence-corrected chi connectivity index (χ3v) is 0.566. The highest BCUT2D eigenvalue weighted by atomic mass is 16.5. The zero-order chi connectivity index (χ0) is 9.70. The van der Waals surface area contributed by atoms with Crippen LogP contribution in [-0.2, 0) is 0 Å². The molecular weight excluding hydrogens is 138 g/mol. The Labute approximate surface area is 70.8 Å². The Hall–Kier alpha value is -0.790. The van der Waals surface area contributed by atoms with Crippen molar-refractivity contribution in [3.63, 3.8) is 0 Å². The number of hydroxylamine groups is 1. The highest BCUT2D eigenvalue weighted by Crippen LogP contribution is 1.66. The van der Waals surface area contributed by atoms with Gasteiger partial charge in [-0.3, -0.25) is 5.21 Å². The largest absolute Gasteiger partial charge is 0.286 e. The first-order valence-electron chi connectivity index (χ1n) is 4.20. The lowest BCUT2D eigenvalue weighted by Crippen LogP contribution is -1.93. The average molecular weight is 160 g/mol. The molecule has 2 heteroatoms.